The molecule has 1 aromatic rings. The van der Waals surface area contributed by atoms with Gasteiger partial charge in [-0.25, -0.2) is 0 Å². The van der Waals surface area contributed by atoms with Crippen LogP contribution in [-0.4, -0.2) is 15.8 Å². The van der Waals surface area contributed by atoms with Crippen molar-refractivity contribution < 1.29 is 5.11 Å². The molecule has 0 amide bonds. The van der Waals surface area contributed by atoms with Crippen molar-refractivity contribution in [3.05, 3.63) is 48.5 Å². The summed E-state index contributed by atoms with van der Waals surface area (Å²) >= 11 is 0. The fourth-order valence-corrected chi connectivity index (χ4v) is 1.13. The predicted octanol–water partition coefficient (Wildman–Crippen LogP) is 2.69. The van der Waals surface area contributed by atoms with E-state index in [1.807, 2.05) is 26.0 Å². The Hall–Kier alpha value is -1.90. The molecule has 0 radical (unpaired) electrons. The van der Waals surface area contributed by atoms with Crippen LogP contribution in [-0.2, 0) is 0 Å². The minimum Gasteiger partial charge on any atom is -0.506 e. The second-order valence-electron chi connectivity index (χ2n) is 3.16. The van der Waals surface area contributed by atoms with Crippen LogP contribution in [0.3, 0.4) is 0 Å². The van der Waals surface area contributed by atoms with Crippen molar-refractivity contribution in [3.63, 3.8) is 0 Å². The van der Waals surface area contributed by atoms with Gasteiger partial charge in [0.25, 0.3) is 0 Å². The number of nitrogens with zero attached hydrogens (tertiary/aromatic N) is 2. The second kappa shape index (κ2) is 5.10. The van der Waals surface area contributed by atoms with Crippen LogP contribution >= 0.6 is 0 Å². The third-order valence-electron chi connectivity index (χ3n) is 1.66. The van der Waals surface area contributed by atoms with Crippen LogP contribution in [0.1, 0.15) is 19.4 Å². The summed E-state index contributed by atoms with van der Waals surface area (Å²) < 4.78 is 0. The van der Waals surface area contributed by atoms with Crippen molar-refractivity contribution in [2.45, 2.75) is 13.8 Å². The number of rotatable bonds is 3. The maximum atomic E-state index is 9.30. The molecular weight excluding hydrogens is 188 g/mol. The van der Waals surface area contributed by atoms with Crippen molar-refractivity contribution >= 4 is 5.71 Å². The molecule has 1 rings (SSSR count). The molecule has 0 fully saturated rings. The second-order valence-corrected chi connectivity index (χ2v) is 3.16. The minimum absolute atomic E-state index is 0.131. The summed E-state index contributed by atoms with van der Waals surface area (Å²) in [7, 11) is 0. The van der Waals surface area contributed by atoms with Gasteiger partial charge in [-0.2, -0.15) is 0 Å². The van der Waals surface area contributed by atoms with Gasteiger partial charge in [0.1, 0.15) is 5.75 Å². The molecule has 78 valence electrons. The molecule has 0 saturated heterocycles. The number of hydrogen-bond acceptors (Lipinski definition) is 3. The van der Waals surface area contributed by atoms with Crippen LogP contribution in [0.25, 0.3) is 0 Å². The Morgan fingerprint density at radius 2 is 2.27 bits per heavy atom. The molecule has 0 unspecified atom stereocenters. The van der Waals surface area contributed by atoms with E-state index >= 15 is 0 Å². The summed E-state index contributed by atoms with van der Waals surface area (Å²) in [5.74, 6) is 0.131. The highest BCUT2D eigenvalue weighted by atomic mass is 16.3. The third kappa shape index (κ3) is 3.38. The third-order valence-corrected chi connectivity index (χ3v) is 1.66. The predicted molar refractivity (Wildman–Crippen MR) is 62.1 cm³/mol. The number of aliphatic imine (C=N–C) groups is 1. The summed E-state index contributed by atoms with van der Waals surface area (Å²) in [6.45, 7) is 7.45. The maximum Gasteiger partial charge on any atom is 0.134 e. The average Bonchev–Trinajstić information content (AvgIpc) is 2.16. The van der Waals surface area contributed by atoms with Gasteiger partial charge in [0.15, 0.2) is 0 Å². The van der Waals surface area contributed by atoms with Crippen LogP contribution in [0.15, 0.2) is 47.9 Å². The highest BCUT2D eigenvalue weighted by Crippen LogP contribution is 2.11. The lowest BCUT2D eigenvalue weighted by atomic mass is 10.1. The Morgan fingerprint density at radius 3 is 2.80 bits per heavy atom. The summed E-state index contributed by atoms with van der Waals surface area (Å²) in [6, 6.07) is 1.62. The molecule has 0 aliphatic carbocycles. The zero-order valence-electron chi connectivity index (χ0n) is 8.94. The smallest absolute Gasteiger partial charge is 0.134 e. The quantitative estimate of drug-likeness (QED) is 0.766. The molecular formula is C12H14N2O. The molecule has 1 aromatic heterocycles. The van der Waals surface area contributed by atoms with Gasteiger partial charge in [-0.1, -0.05) is 12.7 Å². The van der Waals surface area contributed by atoms with Crippen molar-refractivity contribution in [1.82, 2.24) is 4.98 Å². The van der Waals surface area contributed by atoms with E-state index in [1.165, 1.54) is 6.20 Å². The van der Waals surface area contributed by atoms with Crippen molar-refractivity contribution in [2.75, 3.05) is 0 Å². The van der Waals surface area contributed by atoms with E-state index in [4.69, 9.17) is 0 Å². The lowest BCUT2D eigenvalue weighted by molar-refractivity contribution is 0.472. The lowest BCUT2D eigenvalue weighted by Crippen LogP contribution is -1.97. The highest BCUT2D eigenvalue weighted by molar-refractivity contribution is 6.09. The first-order chi connectivity index (χ1) is 7.13. The number of hydrogen-bond donors (Lipinski definition) is 1. The highest BCUT2D eigenvalue weighted by Gasteiger charge is 2.01. The lowest BCUT2D eigenvalue weighted by Gasteiger charge is -2.01. The SMILES string of the molecule is C=C(C)N=C(/C=C\C)c1cncc(O)c1. The molecule has 0 bridgehead atoms. The molecule has 1 N–H and O–H groups in total. The number of allylic oxidation sites excluding steroid dienone is 3. The molecule has 1 heterocycles. The van der Waals surface area contributed by atoms with Crippen LogP contribution in [0.2, 0.25) is 0 Å². The zero-order valence-corrected chi connectivity index (χ0v) is 8.94. The van der Waals surface area contributed by atoms with E-state index in [9.17, 15) is 5.11 Å². The molecule has 0 aliphatic rings. The van der Waals surface area contributed by atoms with Gasteiger partial charge in [-0.15, -0.1) is 0 Å². The fraction of sp³-hybridized carbons (Fsp3) is 0.167. The Morgan fingerprint density at radius 1 is 1.53 bits per heavy atom. The van der Waals surface area contributed by atoms with Gasteiger partial charge in [-0.3, -0.25) is 9.98 Å². The van der Waals surface area contributed by atoms with E-state index in [0.29, 0.717) is 5.70 Å². The van der Waals surface area contributed by atoms with Gasteiger partial charge in [0.2, 0.25) is 0 Å². The summed E-state index contributed by atoms with van der Waals surface area (Å²) in [5.41, 5.74) is 2.23. The van der Waals surface area contributed by atoms with Crippen molar-refractivity contribution in [1.29, 1.82) is 0 Å². The van der Waals surface area contributed by atoms with E-state index in [-0.39, 0.29) is 5.75 Å². The zero-order chi connectivity index (χ0) is 11.3. The van der Waals surface area contributed by atoms with Crippen LogP contribution in [0.5, 0.6) is 5.75 Å². The molecule has 15 heavy (non-hydrogen) atoms. The Labute approximate surface area is 89.5 Å². The van der Waals surface area contributed by atoms with Gasteiger partial charge in [0, 0.05) is 17.5 Å². The van der Waals surface area contributed by atoms with Crippen molar-refractivity contribution in [2.24, 2.45) is 4.99 Å². The molecule has 0 atom stereocenters. The van der Waals surface area contributed by atoms with Gasteiger partial charge >= 0.3 is 0 Å². The first-order valence-electron chi connectivity index (χ1n) is 4.64. The number of aromatic hydroxyl groups is 1. The normalized spacial score (nSPS) is 12.0. The van der Waals surface area contributed by atoms with Gasteiger partial charge in [0.05, 0.1) is 11.9 Å². The van der Waals surface area contributed by atoms with E-state index in [2.05, 4.69) is 16.6 Å². The van der Waals surface area contributed by atoms with Gasteiger partial charge in [-0.05, 0) is 26.0 Å². The van der Waals surface area contributed by atoms with Crippen molar-refractivity contribution in [3.8, 4) is 5.75 Å². The topological polar surface area (TPSA) is 45.5 Å². The molecule has 0 spiro atoms. The Kier molecular flexibility index (Phi) is 3.80. The van der Waals surface area contributed by atoms with Gasteiger partial charge < -0.3 is 5.11 Å². The molecule has 3 nitrogen and oxygen atoms in total. The molecule has 3 heteroatoms. The maximum absolute atomic E-state index is 9.30. The Bertz CT molecular complexity index is 419. The number of pyridine rings is 1. The first-order valence-corrected chi connectivity index (χ1v) is 4.64. The minimum atomic E-state index is 0.131. The summed E-state index contributed by atoms with van der Waals surface area (Å²) in [6.07, 6.45) is 6.77. The largest absolute Gasteiger partial charge is 0.506 e. The molecule has 0 aromatic carbocycles. The average molecular weight is 202 g/mol. The van der Waals surface area contributed by atoms with E-state index in [0.717, 1.165) is 11.3 Å². The van der Waals surface area contributed by atoms with E-state index < -0.39 is 0 Å². The standard InChI is InChI=1S/C12H14N2O/c1-4-5-12(14-9(2)3)10-6-11(15)8-13-7-10/h4-8,15H,2H2,1,3H3/b5-4-,14-12?. The number of aromatic nitrogens is 1. The monoisotopic (exact) mass is 202 g/mol. The first kappa shape index (κ1) is 11.2. The summed E-state index contributed by atoms with van der Waals surface area (Å²) in [5, 5.41) is 9.30. The van der Waals surface area contributed by atoms with Crippen LogP contribution < -0.4 is 0 Å². The summed E-state index contributed by atoms with van der Waals surface area (Å²) in [4.78, 5) is 8.16. The Balaban J connectivity index is 3.15. The molecule has 0 saturated carbocycles. The fourth-order valence-electron chi connectivity index (χ4n) is 1.13. The van der Waals surface area contributed by atoms with Crippen LogP contribution in [0, 0.1) is 0 Å². The molecule has 0 aliphatic heterocycles. The van der Waals surface area contributed by atoms with Crippen LogP contribution in [0.4, 0.5) is 0 Å². The van der Waals surface area contributed by atoms with E-state index in [1.54, 1.807) is 12.3 Å².